The van der Waals surface area contributed by atoms with Crippen molar-refractivity contribution in [2.75, 3.05) is 13.6 Å². The summed E-state index contributed by atoms with van der Waals surface area (Å²) in [6.07, 6.45) is -1.41. The van der Waals surface area contributed by atoms with Crippen LogP contribution in [0.5, 0.6) is 23.0 Å². The fourth-order valence-electron chi connectivity index (χ4n) is 4.25. The van der Waals surface area contributed by atoms with Crippen molar-refractivity contribution in [1.82, 2.24) is 15.2 Å². The van der Waals surface area contributed by atoms with E-state index in [4.69, 9.17) is 23.9 Å². The standard InChI is InChI=1S/C27H23N3O6/c31-21(17-6-8-23-25(10-17)35-14-33-23)12-19-20(29-30-27(28-19)16-4-2-1-3-5-16)13-22(32)18-7-9-24-26(11-18)36-15-34-24/h1-11,21-22,31-32H,12-15H2. The van der Waals surface area contributed by atoms with Crippen molar-refractivity contribution in [3.63, 3.8) is 0 Å². The first-order valence-corrected chi connectivity index (χ1v) is 11.6. The molecule has 2 aliphatic heterocycles. The molecule has 9 heteroatoms. The summed E-state index contributed by atoms with van der Waals surface area (Å²) in [6.45, 7) is 0.320. The third-order valence-corrected chi connectivity index (χ3v) is 6.21. The van der Waals surface area contributed by atoms with Gasteiger partial charge >= 0.3 is 0 Å². The van der Waals surface area contributed by atoms with Crippen molar-refractivity contribution in [1.29, 1.82) is 0 Å². The van der Waals surface area contributed by atoms with Crippen molar-refractivity contribution in [2.45, 2.75) is 25.0 Å². The van der Waals surface area contributed by atoms with Crippen LogP contribution in [0.25, 0.3) is 11.4 Å². The molecule has 0 saturated carbocycles. The van der Waals surface area contributed by atoms with Crippen LogP contribution in [0.1, 0.15) is 34.7 Å². The van der Waals surface area contributed by atoms with Crippen molar-refractivity contribution in [2.24, 2.45) is 0 Å². The third kappa shape index (κ3) is 4.41. The topological polar surface area (TPSA) is 116 Å². The highest BCUT2D eigenvalue weighted by atomic mass is 16.7. The zero-order valence-electron chi connectivity index (χ0n) is 19.2. The summed E-state index contributed by atoms with van der Waals surface area (Å²) >= 11 is 0. The van der Waals surface area contributed by atoms with E-state index in [2.05, 4.69) is 10.2 Å². The third-order valence-electron chi connectivity index (χ3n) is 6.21. The molecule has 2 N–H and O–H groups in total. The highest BCUT2D eigenvalue weighted by molar-refractivity contribution is 5.54. The van der Waals surface area contributed by atoms with Gasteiger partial charge in [0.25, 0.3) is 0 Å². The number of fused-ring (bicyclic) bond motifs is 2. The Labute approximate surface area is 206 Å². The summed E-state index contributed by atoms with van der Waals surface area (Å²) in [5.74, 6) is 2.93. The van der Waals surface area contributed by atoms with Gasteiger partial charge in [-0.15, -0.1) is 5.10 Å². The van der Waals surface area contributed by atoms with E-state index >= 15 is 0 Å². The van der Waals surface area contributed by atoms with Crippen LogP contribution < -0.4 is 18.9 Å². The molecule has 0 amide bonds. The van der Waals surface area contributed by atoms with Crippen molar-refractivity contribution in [3.8, 4) is 34.4 Å². The first kappa shape index (κ1) is 22.3. The summed E-state index contributed by atoms with van der Waals surface area (Å²) in [4.78, 5) is 4.74. The number of nitrogens with zero attached hydrogens (tertiary/aromatic N) is 3. The van der Waals surface area contributed by atoms with Crippen LogP contribution in [0.4, 0.5) is 0 Å². The van der Waals surface area contributed by atoms with Gasteiger partial charge in [0.15, 0.2) is 28.8 Å². The number of aliphatic hydroxyl groups is 2. The van der Waals surface area contributed by atoms with E-state index in [1.165, 1.54) is 0 Å². The Hall–Kier alpha value is -4.21. The number of benzene rings is 3. The van der Waals surface area contributed by atoms with Crippen LogP contribution in [-0.2, 0) is 12.8 Å². The van der Waals surface area contributed by atoms with Crippen LogP contribution in [0.3, 0.4) is 0 Å². The monoisotopic (exact) mass is 485 g/mol. The first-order chi connectivity index (χ1) is 17.6. The van der Waals surface area contributed by atoms with Crippen LogP contribution in [0.2, 0.25) is 0 Å². The van der Waals surface area contributed by atoms with Gasteiger partial charge in [0.05, 0.1) is 23.6 Å². The minimum absolute atomic E-state index is 0.160. The number of aromatic nitrogens is 3. The smallest absolute Gasteiger partial charge is 0.231 e. The van der Waals surface area contributed by atoms with Gasteiger partial charge in [-0.3, -0.25) is 0 Å². The van der Waals surface area contributed by atoms with Gasteiger partial charge in [-0.2, -0.15) is 5.10 Å². The lowest BCUT2D eigenvalue weighted by Crippen LogP contribution is -2.13. The zero-order chi connectivity index (χ0) is 24.5. The van der Waals surface area contributed by atoms with E-state index in [-0.39, 0.29) is 26.4 Å². The SMILES string of the molecule is OC(Cc1nnc(-c2ccccc2)nc1CC(O)c1ccc2c(c1)OCO2)c1ccc2c(c1)OCO2. The van der Waals surface area contributed by atoms with Gasteiger partial charge in [0, 0.05) is 18.4 Å². The van der Waals surface area contributed by atoms with Gasteiger partial charge < -0.3 is 29.2 Å². The lowest BCUT2D eigenvalue weighted by atomic mass is 9.99. The lowest BCUT2D eigenvalue weighted by molar-refractivity contribution is 0.167. The summed E-state index contributed by atoms with van der Waals surface area (Å²) in [5, 5.41) is 30.8. The minimum Gasteiger partial charge on any atom is -0.454 e. The molecule has 0 aliphatic carbocycles. The highest BCUT2D eigenvalue weighted by Gasteiger charge is 2.23. The molecule has 3 heterocycles. The lowest BCUT2D eigenvalue weighted by Gasteiger charge is -2.16. The number of ether oxygens (including phenoxy) is 4. The number of hydrogen-bond acceptors (Lipinski definition) is 9. The average Bonchev–Trinajstić information content (AvgIpc) is 3.58. The van der Waals surface area contributed by atoms with E-state index in [0.717, 1.165) is 5.56 Å². The Morgan fingerprint density at radius 2 is 1.19 bits per heavy atom. The fraction of sp³-hybridized carbons (Fsp3) is 0.222. The Balaban J connectivity index is 1.30. The second-order valence-electron chi connectivity index (χ2n) is 8.56. The summed E-state index contributed by atoms with van der Waals surface area (Å²) in [6, 6.07) is 20.2. The molecule has 6 rings (SSSR count). The normalized spacial score (nSPS) is 15.1. The van der Waals surface area contributed by atoms with Gasteiger partial charge in [0.1, 0.15) is 0 Å². The van der Waals surface area contributed by atoms with Gasteiger partial charge in [0.2, 0.25) is 13.6 Å². The second kappa shape index (κ2) is 9.44. The van der Waals surface area contributed by atoms with Crippen molar-refractivity contribution < 1.29 is 29.2 Å². The van der Waals surface area contributed by atoms with Crippen LogP contribution >= 0.6 is 0 Å². The van der Waals surface area contributed by atoms with E-state index in [9.17, 15) is 10.2 Å². The number of aliphatic hydroxyl groups excluding tert-OH is 2. The maximum Gasteiger partial charge on any atom is 0.231 e. The molecular formula is C27H23N3O6. The molecule has 3 aromatic carbocycles. The Kier molecular flexibility index (Phi) is 5.84. The molecule has 4 aromatic rings. The van der Waals surface area contributed by atoms with Crippen LogP contribution in [0.15, 0.2) is 66.7 Å². The Morgan fingerprint density at radius 3 is 1.81 bits per heavy atom. The molecule has 9 nitrogen and oxygen atoms in total. The molecule has 182 valence electrons. The minimum atomic E-state index is -0.875. The molecule has 2 aliphatic rings. The molecule has 2 unspecified atom stereocenters. The zero-order valence-corrected chi connectivity index (χ0v) is 19.2. The quantitative estimate of drug-likeness (QED) is 0.405. The van der Waals surface area contributed by atoms with E-state index in [1.807, 2.05) is 30.3 Å². The molecule has 1 aromatic heterocycles. The van der Waals surface area contributed by atoms with Crippen LogP contribution in [0, 0.1) is 0 Å². The predicted molar refractivity (Wildman–Crippen MR) is 128 cm³/mol. The Morgan fingerprint density at radius 1 is 0.639 bits per heavy atom. The predicted octanol–water partition coefficient (Wildman–Crippen LogP) is 3.55. The van der Waals surface area contributed by atoms with Gasteiger partial charge in [-0.1, -0.05) is 42.5 Å². The van der Waals surface area contributed by atoms with E-state index < -0.39 is 12.2 Å². The number of hydrogen-bond donors (Lipinski definition) is 2. The van der Waals surface area contributed by atoms with Crippen LogP contribution in [-0.4, -0.2) is 39.0 Å². The van der Waals surface area contributed by atoms with E-state index in [1.54, 1.807) is 36.4 Å². The largest absolute Gasteiger partial charge is 0.454 e. The fourth-order valence-corrected chi connectivity index (χ4v) is 4.25. The Bertz CT molecular complexity index is 1400. The maximum absolute atomic E-state index is 11.1. The average molecular weight is 485 g/mol. The number of rotatable bonds is 7. The van der Waals surface area contributed by atoms with Gasteiger partial charge in [-0.05, 0) is 35.4 Å². The van der Waals surface area contributed by atoms with Gasteiger partial charge in [-0.25, -0.2) is 4.98 Å². The molecule has 0 bridgehead atoms. The molecular weight excluding hydrogens is 462 g/mol. The summed E-state index contributed by atoms with van der Waals surface area (Å²) in [7, 11) is 0. The van der Waals surface area contributed by atoms with Crippen molar-refractivity contribution in [3.05, 3.63) is 89.2 Å². The first-order valence-electron chi connectivity index (χ1n) is 11.6. The molecule has 36 heavy (non-hydrogen) atoms. The second-order valence-corrected chi connectivity index (χ2v) is 8.56. The molecule has 2 atom stereocenters. The molecule has 0 radical (unpaired) electrons. The van der Waals surface area contributed by atoms with E-state index in [0.29, 0.717) is 51.3 Å². The molecule has 0 saturated heterocycles. The van der Waals surface area contributed by atoms with Crippen molar-refractivity contribution >= 4 is 0 Å². The maximum atomic E-state index is 11.1. The summed E-state index contributed by atoms with van der Waals surface area (Å²) < 4.78 is 21.6. The highest BCUT2D eigenvalue weighted by Crippen LogP contribution is 2.36. The molecule has 0 spiro atoms. The summed E-state index contributed by atoms with van der Waals surface area (Å²) in [5.41, 5.74) is 3.19. The molecule has 0 fully saturated rings.